The summed E-state index contributed by atoms with van der Waals surface area (Å²) in [5.74, 6) is -0.287. The monoisotopic (exact) mass is 220 g/mol. The van der Waals surface area contributed by atoms with Crippen LogP contribution in [0.2, 0.25) is 0 Å². The summed E-state index contributed by atoms with van der Waals surface area (Å²) in [6, 6.07) is 4.78. The topological polar surface area (TPSA) is 38.0 Å². The van der Waals surface area contributed by atoms with E-state index in [0.717, 1.165) is 16.7 Å². The van der Waals surface area contributed by atoms with Gasteiger partial charge in [0.25, 0.3) is 0 Å². The minimum atomic E-state index is -0.287. The van der Waals surface area contributed by atoms with Gasteiger partial charge >= 0.3 is 0 Å². The third-order valence-corrected chi connectivity index (χ3v) is 2.40. The van der Waals surface area contributed by atoms with Crippen LogP contribution in [-0.4, -0.2) is 21.5 Å². The highest BCUT2D eigenvalue weighted by Gasteiger charge is 2.04. The van der Waals surface area contributed by atoms with Gasteiger partial charge in [-0.25, -0.2) is 4.39 Å². The number of nitrogens with zero attached hydrogens (tertiary/aromatic N) is 2. The van der Waals surface area contributed by atoms with Crippen molar-refractivity contribution < 1.29 is 9.50 Å². The second kappa shape index (κ2) is 4.45. The lowest BCUT2D eigenvalue weighted by Gasteiger charge is -2.03. The zero-order chi connectivity index (χ0) is 11.5. The highest BCUT2D eigenvalue weighted by molar-refractivity contribution is 5.62. The van der Waals surface area contributed by atoms with Crippen molar-refractivity contribution in [3.63, 3.8) is 0 Å². The van der Waals surface area contributed by atoms with Crippen LogP contribution in [0.3, 0.4) is 0 Å². The Hall–Kier alpha value is -1.68. The Balaban J connectivity index is 2.40. The number of halogens is 1. The van der Waals surface area contributed by atoms with Crippen LogP contribution in [-0.2, 0) is 13.5 Å². The molecule has 3 nitrogen and oxygen atoms in total. The first-order valence-corrected chi connectivity index (χ1v) is 5.08. The molecule has 0 aliphatic rings. The predicted octanol–water partition coefficient (Wildman–Crippen LogP) is 1.76. The number of rotatable bonds is 3. The van der Waals surface area contributed by atoms with E-state index in [2.05, 4.69) is 5.10 Å². The molecule has 2 aromatic rings. The summed E-state index contributed by atoms with van der Waals surface area (Å²) >= 11 is 0. The van der Waals surface area contributed by atoms with Crippen LogP contribution in [0, 0.1) is 5.82 Å². The first-order chi connectivity index (χ1) is 7.69. The van der Waals surface area contributed by atoms with Crippen LogP contribution in [0.4, 0.5) is 4.39 Å². The molecule has 1 N–H and O–H groups in total. The Kier molecular flexibility index (Phi) is 3.01. The lowest BCUT2D eigenvalue weighted by molar-refractivity contribution is 0.299. The molecule has 2 rings (SSSR count). The van der Waals surface area contributed by atoms with Crippen LogP contribution in [0.5, 0.6) is 0 Å². The van der Waals surface area contributed by atoms with Gasteiger partial charge in [-0.05, 0) is 29.7 Å². The molecular formula is C12H13FN2O. The lowest BCUT2D eigenvalue weighted by atomic mass is 10.0. The van der Waals surface area contributed by atoms with Crippen molar-refractivity contribution in [3.8, 4) is 11.1 Å². The Morgan fingerprint density at radius 2 is 2.12 bits per heavy atom. The maximum absolute atomic E-state index is 13.3. The molecule has 1 aromatic carbocycles. The Morgan fingerprint density at radius 3 is 2.75 bits per heavy atom. The molecule has 4 heteroatoms. The fraction of sp³-hybridized carbons (Fsp3) is 0.250. The molecule has 0 aliphatic heterocycles. The van der Waals surface area contributed by atoms with Crippen LogP contribution >= 0.6 is 0 Å². The summed E-state index contributed by atoms with van der Waals surface area (Å²) in [4.78, 5) is 0. The van der Waals surface area contributed by atoms with Crippen molar-refractivity contribution in [2.45, 2.75) is 6.42 Å². The van der Waals surface area contributed by atoms with Gasteiger partial charge < -0.3 is 5.11 Å². The van der Waals surface area contributed by atoms with Crippen molar-refractivity contribution in [2.24, 2.45) is 7.05 Å². The van der Waals surface area contributed by atoms with Crippen molar-refractivity contribution in [2.75, 3.05) is 6.61 Å². The van der Waals surface area contributed by atoms with Crippen molar-refractivity contribution >= 4 is 0 Å². The molecule has 0 amide bonds. The Bertz CT molecular complexity index is 494. The maximum Gasteiger partial charge on any atom is 0.124 e. The Labute approximate surface area is 93.2 Å². The van der Waals surface area contributed by atoms with Gasteiger partial charge in [0.2, 0.25) is 0 Å². The van der Waals surface area contributed by atoms with Gasteiger partial charge in [-0.15, -0.1) is 0 Å². The largest absolute Gasteiger partial charge is 0.396 e. The molecule has 0 radical (unpaired) electrons. The SMILES string of the molecule is Cn1cc(-c2cc(F)cc(CCO)c2)cn1. The number of hydrogen-bond donors (Lipinski definition) is 1. The van der Waals surface area contributed by atoms with Crippen molar-refractivity contribution in [1.82, 2.24) is 9.78 Å². The Morgan fingerprint density at radius 1 is 1.31 bits per heavy atom. The molecule has 1 heterocycles. The molecule has 0 aliphatic carbocycles. The van der Waals surface area contributed by atoms with Gasteiger partial charge in [-0.3, -0.25) is 4.68 Å². The van der Waals surface area contributed by atoms with E-state index < -0.39 is 0 Å². The van der Waals surface area contributed by atoms with Gasteiger partial charge in [0.15, 0.2) is 0 Å². The molecule has 84 valence electrons. The van der Waals surface area contributed by atoms with E-state index in [4.69, 9.17) is 5.11 Å². The molecule has 0 unspecified atom stereocenters. The quantitative estimate of drug-likeness (QED) is 0.856. The number of hydrogen-bond acceptors (Lipinski definition) is 2. The summed E-state index contributed by atoms with van der Waals surface area (Å²) in [5, 5.41) is 12.9. The molecule has 0 bridgehead atoms. The van der Waals surface area contributed by atoms with E-state index in [1.54, 1.807) is 10.9 Å². The average molecular weight is 220 g/mol. The minimum absolute atomic E-state index is 0.0237. The highest BCUT2D eigenvalue weighted by atomic mass is 19.1. The molecule has 0 fully saturated rings. The standard InChI is InChI=1S/C12H13FN2O/c1-15-8-11(7-14-15)10-4-9(2-3-16)5-12(13)6-10/h4-8,16H,2-3H2,1H3. The fourth-order valence-corrected chi connectivity index (χ4v) is 1.66. The number of benzene rings is 1. The summed E-state index contributed by atoms with van der Waals surface area (Å²) < 4.78 is 15.0. The first-order valence-electron chi connectivity index (χ1n) is 5.08. The number of aryl methyl sites for hydroxylation is 1. The maximum atomic E-state index is 13.3. The van der Waals surface area contributed by atoms with Crippen LogP contribution in [0.15, 0.2) is 30.6 Å². The zero-order valence-electron chi connectivity index (χ0n) is 9.02. The molecular weight excluding hydrogens is 207 g/mol. The van der Waals surface area contributed by atoms with E-state index in [1.807, 2.05) is 19.3 Å². The van der Waals surface area contributed by atoms with Crippen LogP contribution in [0.1, 0.15) is 5.56 Å². The van der Waals surface area contributed by atoms with E-state index in [1.165, 1.54) is 12.1 Å². The van der Waals surface area contributed by atoms with Crippen LogP contribution < -0.4 is 0 Å². The van der Waals surface area contributed by atoms with E-state index in [9.17, 15) is 4.39 Å². The molecule has 1 aromatic heterocycles. The van der Waals surface area contributed by atoms with E-state index >= 15 is 0 Å². The molecule has 16 heavy (non-hydrogen) atoms. The zero-order valence-corrected chi connectivity index (χ0v) is 9.02. The van der Waals surface area contributed by atoms with Gasteiger partial charge in [0.1, 0.15) is 5.82 Å². The lowest BCUT2D eigenvalue weighted by Crippen LogP contribution is -1.92. The normalized spacial score (nSPS) is 10.7. The minimum Gasteiger partial charge on any atom is -0.396 e. The molecule has 0 saturated carbocycles. The van der Waals surface area contributed by atoms with Crippen molar-refractivity contribution in [3.05, 3.63) is 42.0 Å². The van der Waals surface area contributed by atoms with Crippen molar-refractivity contribution in [1.29, 1.82) is 0 Å². The summed E-state index contributed by atoms with van der Waals surface area (Å²) in [5.41, 5.74) is 2.46. The summed E-state index contributed by atoms with van der Waals surface area (Å²) in [6.45, 7) is 0.0237. The van der Waals surface area contributed by atoms with E-state index in [0.29, 0.717) is 6.42 Å². The molecule has 0 spiro atoms. The fourth-order valence-electron chi connectivity index (χ4n) is 1.66. The number of aromatic nitrogens is 2. The summed E-state index contributed by atoms with van der Waals surface area (Å²) in [6.07, 6.45) is 3.99. The second-order valence-electron chi connectivity index (χ2n) is 3.72. The van der Waals surface area contributed by atoms with Gasteiger partial charge in [0.05, 0.1) is 6.20 Å². The second-order valence-corrected chi connectivity index (χ2v) is 3.72. The van der Waals surface area contributed by atoms with Gasteiger partial charge in [-0.2, -0.15) is 5.10 Å². The highest BCUT2D eigenvalue weighted by Crippen LogP contribution is 2.21. The van der Waals surface area contributed by atoms with E-state index in [-0.39, 0.29) is 12.4 Å². The van der Waals surface area contributed by atoms with Crippen LogP contribution in [0.25, 0.3) is 11.1 Å². The third kappa shape index (κ3) is 2.28. The molecule has 0 atom stereocenters. The van der Waals surface area contributed by atoms with Gasteiger partial charge in [-0.1, -0.05) is 6.07 Å². The third-order valence-electron chi connectivity index (χ3n) is 2.40. The molecule has 0 saturated heterocycles. The predicted molar refractivity (Wildman–Crippen MR) is 59.4 cm³/mol. The number of aliphatic hydroxyl groups excluding tert-OH is 1. The van der Waals surface area contributed by atoms with Gasteiger partial charge in [0, 0.05) is 25.4 Å². The smallest absolute Gasteiger partial charge is 0.124 e. The number of aliphatic hydroxyl groups is 1. The average Bonchev–Trinajstić information content (AvgIpc) is 2.64. The first kappa shape index (κ1) is 10.8. The summed E-state index contributed by atoms with van der Waals surface area (Å²) in [7, 11) is 1.82.